The molecular formula is C18H29NO. The third-order valence-corrected chi connectivity index (χ3v) is 4.07. The van der Waals surface area contributed by atoms with E-state index >= 15 is 0 Å². The number of nitrogens with one attached hydrogen (secondary N) is 1. The maximum atomic E-state index is 5.91. The Morgan fingerprint density at radius 1 is 1.35 bits per heavy atom. The lowest BCUT2D eigenvalue weighted by molar-refractivity contribution is 0.00526. The Bertz CT molecular complexity index is 385. The first-order valence-corrected chi connectivity index (χ1v) is 8.18. The highest BCUT2D eigenvalue weighted by Crippen LogP contribution is 2.19. The normalized spacial score (nSPS) is 20.8. The molecular weight excluding hydrogens is 246 g/mol. The predicted molar refractivity (Wildman–Crippen MR) is 85.2 cm³/mol. The summed E-state index contributed by atoms with van der Waals surface area (Å²) in [5.41, 5.74) is 2.79. The van der Waals surface area contributed by atoms with Gasteiger partial charge >= 0.3 is 0 Å². The van der Waals surface area contributed by atoms with Crippen LogP contribution < -0.4 is 5.32 Å². The van der Waals surface area contributed by atoms with E-state index in [1.807, 2.05) is 0 Å². The van der Waals surface area contributed by atoms with Crippen LogP contribution >= 0.6 is 0 Å². The SMILES string of the molecule is CCCNC(Cc1cccc(C)c1)CC1CCCCO1. The minimum absolute atomic E-state index is 0.461. The number of benzene rings is 1. The first-order valence-electron chi connectivity index (χ1n) is 8.18. The summed E-state index contributed by atoms with van der Waals surface area (Å²) in [6.07, 6.45) is 7.71. The van der Waals surface area contributed by atoms with Crippen molar-refractivity contribution in [2.24, 2.45) is 0 Å². The molecule has 0 aliphatic carbocycles. The van der Waals surface area contributed by atoms with Crippen molar-refractivity contribution in [2.75, 3.05) is 13.2 Å². The van der Waals surface area contributed by atoms with Gasteiger partial charge in [-0.15, -0.1) is 0 Å². The first-order chi connectivity index (χ1) is 9.78. The van der Waals surface area contributed by atoms with Crippen LogP contribution in [0.25, 0.3) is 0 Å². The van der Waals surface area contributed by atoms with E-state index in [1.54, 1.807) is 0 Å². The van der Waals surface area contributed by atoms with Crippen LogP contribution in [0.3, 0.4) is 0 Å². The van der Waals surface area contributed by atoms with Gasteiger partial charge in [-0.05, 0) is 57.6 Å². The Morgan fingerprint density at radius 3 is 2.95 bits per heavy atom. The van der Waals surface area contributed by atoms with Crippen molar-refractivity contribution in [3.63, 3.8) is 0 Å². The van der Waals surface area contributed by atoms with E-state index < -0.39 is 0 Å². The number of rotatable bonds is 7. The van der Waals surface area contributed by atoms with Gasteiger partial charge < -0.3 is 10.1 Å². The summed E-state index contributed by atoms with van der Waals surface area (Å²) in [5, 5.41) is 3.70. The minimum Gasteiger partial charge on any atom is -0.378 e. The van der Waals surface area contributed by atoms with E-state index in [0.29, 0.717) is 12.1 Å². The standard InChI is InChI=1S/C18H29NO/c1-3-10-19-17(14-18-9-4-5-11-20-18)13-16-8-6-7-15(2)12-16/h6-8,12,17-19H,3-5,9-11,13-14H2,1-2H3. The van der Waals surface area contributed by atoms with Gasteiger partial charge in [0.1, 0.15) is 0 Å². The van der Waals surface area contributed by atoms with Crippen LogP contribution in [0.2, 0.25) is 0 Å². The number of hydrogen-bond donors (Lipinski definition) is 1. The highest BCUT2D eigenvalue weighted by atomic mass is 16.5. The maximum absolute atomic E-state index is 5.91. The van der Waals surface area contributed by atoms with Crippen molar-refractivity contribution >= 4 is 0 Å². The highest BCUT2D eigenvalue weighted by Gasteiger charge is 2.19. The molecule has 112 valence electrons. The lowest BCUT2D eigenvalue weighted by Crippen LogP contribution is -2.36. The van der Waals surface area contributed by atoms with Crippen LogP contribution in [0, 0.1) is 6.92 Å². The molecule has 1 fully saturated rings. The lowest BCUT2D eigenvalue weighted by Gasteiger charge is -2.28. The molecule has 0 bridgehead atoms. The fourth-order valence-corrected chi connectivity index (χ4v) is 3.02. The van der Waals surface area contributed by atoms with E-state index in [1.165, 1.54) is 36.8 Å². The van der Waals surface area contributed by atoms with Crippen LogP contribution in [0.1, 0.15) is 50.2 Å². The molecule has 1 heterocycles. The van der Waals surface area contributed by atoms with Crippen molar-refractivity contribution < 1.29 is 4.74 Å². The Labute approximate surface area is 123 Å². The molecule has 20 heavy (non-hydrogen) atoms. The van der Waals surface area contributed by atoms with E-state index in [9.17, 15) is 0 Å². The molecule has 1 aliphatic heterocycles. The topological polar surface area (TPSA) is 21.3 Å². The molecule has 2 rings (SSSR count). The van der Waals surface area contributed by atoms with E-state index in [2.05, 4.69) is 43.4 Å². The van der Waals surface area contributed by atoms with Gasteiger partial charge in [0, 0.05) is 12.6 Å². The molecule has 1 saturated heterocycles. The van der Waals surface area contributed by atoms with Gasteiger partial charge in [0.2, 0.25) is 0 Å². The van der Waals surface area contributed by atoms with Crippen molar-refractivity contribution in [1.82, 2.24) is 5.32 Å². The quantitative estimate of drug-likeness (QED) is 0.815. The van der Waals surface area contributed by atoms with Crippen LogP contribution in [-0.2, 0) is 11.2 Å². The highest BCUT2D eigenvalue weighted by molar-refractivity contribution is 5.23. The van der Waals surface area contributed by atoms with Gasteiger partial charge in [-0.3, -0.25) is 0 Å². The van der Waals surface area contributed by atoms with Crippen molar-refractivity contribution in [3.05, 3.63) is 35.4 Å². The Kier molecular flexibility index (Phi) is 6.55. The molecule has 1 aromatic rings. The average molecular weight is 275 g/mol. The number of ether oxygens (including phenoxy) is 1. The number of aryl methyl sites for hydroxylation is 1. The van der Waals surface area contributed by atoms with Crippen LogP contribution in [0.5, 0.6) is 0 Å². The summed E-state index contributed by atoms with van der Waals surface area (Å²) in [7, 11) is 0. The molecule has 2 unspecified atom stereocenters. The maximum Gasteiger partial charge on any atom is 0.0590 e. The second-order valence-corrected chi connectivity index (χ2v) is 6.07. The summed E-state index contributed by atoms with van der Waals surface area (Å²) >= 11 is 0. The van der Waals surface area contributed by atoms with E-state index in [-0.39, 0.29) is 0 Å². The minimum atomic E-state index is 0.461. The molecule has 0 radical (unpaired) electrons. The molecule has 1 aliphatic rings. The smallest absolute Gasteiger partial charge is 0.0590 e. The van der Waals surface area contributed by atoms with Crippen molar-refractivity contribution in [1.29, 1.82) is 0 Å². The second kappa shape index (κ2) is 8.43. The Balaban J connectivity index is 1.91. The van der Waals surface area contributed by atoms with Crippen LogP contribution in [-0.4, -0.2) is 25.3 Å². The van der Waals surface area contributed by atoms with E-state index in [0.717, 1.165) is 26.0 Å². The summed E-state index contributed by atoms with van der Waals surface area (Å²) in [4.78, 5) is 0. The van der Waals surface area contributed by atoms with Gasteiger partial charge in [0.25, 0.3) is 0 Å². The van der Waals surface area contributed by atoms with Gasteiger partial charge in [-0.25, -0.2) is 0 Å². The molecule has 2 nitrogen and oxygen atoms in total. The van der Waals surface area contributed by atoms with Crippen molar-refractivity contribution in [2.45, 2.75) is 64.5 Å². The van der Waals surface area contributed by atoms with Gasteiger partial charge in [-0.1, -0.05) is 36.8 Å². The first kappa shape index (κ1) is 15.5. The zero-order chi connectivity index (χ0) is 14.2. The van der Waals surface area contributed by atoms with Gasteiger partial charge in [-0.2, -0.15) is 0 Å². The predicted octanol–water partition coefficient (Wildman–Crippen LogP) is 3.86. The largest absolute Gasteiger partial charge is 0.378 e. The molecule has 1 N–H and O–H groups in total. The van der Waals surface area contributed by atoms with E-state index in [4.69, 9.17) is 4.74 Å². The molecule has 0 spiro atoms. The number of hydrogen-bond acceptors (Lipinski definition) is 2. The third-order valence-electron chi connectivity index (χ3n) is 4.07. The van der Waals surface area contributed by atoms with Crippen LogP contribution in [0.15, 0.2) is 24.3 Å². The Hall–Kier alpha value is -0.860. The fraction of sp³-hybridized carbons (Fsp3) is 0.667. The third kappa shape index (κ3) is 5.26. The summed E-state index contributed by atoms with van der Waals surface area (Å²) in [5.74, 6) is 0. The summed E-state index contributed by atoms with van der Waals surface area (Å²) in [6.45, 7) is 6.45. The van der Waals surface area contributed by atoms with Crippen molar-refractivity contribution in [3.8, 4) is 0 Å². The molecule has 2 heteroatoms. The van der Waals surface area contributed by atoms with Crippen LogP contribution in [0.4, 0.5) is 0 Å². The molecule has 1 aromatic carbocycles. The van der Waals surface area contributed by atoms with Gasteiger partial charge in [0.05, 0.1) is 6.10 Å². The molecule has 0 saturated carbocycles. The monoisotopic (exact) mass is 275 g/mol. The second-order valence-electron chi connectivity index (χ2n) is 6.07. The summed E-state index contributed by atoms with van der Waals surface area (Å²) < 4.78 is 5.91. The average Bonchev–Trinajstić information content (AvgIpc) is 2.46. The zero-order valence-corrected chi connectivity index (χ0v) is 13.0. The van der Waals surface area contributed by atoms with Gasteiger partial charge in [0.15, 0.2) is 0 Å². The summed E-state index contributed by atoms with van der Waals surface area (Å²) in [6, 6.07) is 9.43. The molecule has 2 atom stereocenters. The Morgan fingerprint density at radius 2 is 2.25 bits per heavy atom. The molecule has 0 amide bonds. The lowest BCUT2D eigenvalue weighted by atomic mass is 9.96. The fourth-order valence-electron chi connectivity index (χ4n) is 3.02. The molecule has 0 aromatic heterocycles. The zero-order valence-electron chi connectivity index (χ0n) is 13.0.